The van der Waals surface area contributed by atoms with Crippen LogP contribution in [0.2, 0.25) is 0 Å². The van der Waals surface area contributed by atoms with Gasteiger partial charge in [-0.25, -0.2) is 0 Å². The Balaban J connectivity index is 2.09. The number of nitrogens with zero attached hydrogens (tertiary/aromatic N) is 2. The van der Waals surface area contributed by atoms with Gasteiger partial charge >= 0.3 is 0 Å². The molecule has 130 valence electrons. The van der Waals surface area contributed by atoms with E-state index in [0.29, 0.717) is 13.2 Å². The molecule has 5 heteroatoms. The van der Waals surface area contributed by atoms with Crippen molar-refractivity contribution < 1.29 is 9.53 Å². The standard InChI is InChI=1S/C19H27N3O2/c1-14(2)19(4,13-20)21-18(23)11-22-10-15(3)24-12-17(22)16-8-6-5-7-9-16/h5-9,14-15,17H,10-12H2,1-4H3,(H,21,23)/t15-,17-,19-/m1/s1. The zero-order valence-corrected chi connectivity index (χ0v) is 15.0. The minimum absolute atomic E-state index is 0.0417. The number of carbonyl (C=O) groups excluding carboxylic acids is 1. The maximum absolute atomic E-state index is 12.5. The normalized spacial score (nSPS) is 24.2. The van der Waals surface area contributed by atoms with Gasteiger partial charge in [0, 0.05) is 6.54 Å². The topological polar surface area (TPSA) is 65.4 Å². The lowest BCUT2D eigenvalue weighted by Crippen LogP contribution is -2.54. The van der Waals surface area contributed by atoms with Crippen molar-refractivity contribution in [1.82, 2.24) is 10.2 Å². The molecule has 0 bridgehead atoms. The first-order chi connectivity index (χ1) is 11.4. The number of hydrogen-bond acceptors (Lipinski definition) is 4. The van der Waals surface area contributed by atoms with Gasteiger partial charge in [-0.05, 0) is 25.3 Å². The number of carbonyl (C=O) groups is 1. The van der Waals surface area contributed by atoms with E-state index in [1.165, 1.54) is 0 Å². The average molecular weight is 329 g/mol. The van der Waals surface area contributed by atoms with Crippen LogP contribution in [0, 0.1) is 17.2 Å². The molecule has 1 N–H and O–H groups in total. The lowest BCUT2D eigenvalue weighted by molar-refractivity contribution is -0.128. The number of ether oxygens (including phenoxy) is 1. The van der Waals surface area contributed by atoms with Crippen molar-refractivity contribution in [2.75, 3.05) is 19.7 Å². The lowest BCUT2D eigenvalue weighted by Gasteiger charge is -2.39. The molecule has 1 saturated heterocycles. The van der Waals surface area contributed by atoms with E-state index in [1.807, 2.05) is 39.0 Å². The Morgan fingerprint density at radius 3 is 2.71 bits per heavy atom. The predicted molar refractivity (Wildman–Crippen MR) is 93.2 cm³/mol. The lowest BCUT2D eigenvalue weighted by atomic mass is 9.90. The van der Waals surface area contributed by atoms with Crippen molar-refractivity contribution in [3.8, 4) is 6.07 Å². The summed E-state index contributed by atoms with van der Waals surface area (Å²) in [6.07, 6.45) is 0.0882. The van der Waals surface area contributed by atoms with E-state index in [-0.39, 0.29) is 30.5 Å². The summed E-state index contributed by atoms with van der Waals surface area (Å²) in [6, 6.07) is 12.4. The highest BCUT2D eigenvalue weighted by Gasteiger charge is 2.33. The van der Waals surface area contributed by atoms with Crippen LogP contribution in [0.4, 0.5) is 0 Å². The van der Waals surface area contributed by atoms with Crippen molar-refractivity contribution in [3.63, 3.8) is 0 Å². The second-order valence-electron chi connectivity index (χ2n) is 7.02. The van der Waals surface area contributed by atoms with Crippen LogP contribution in [0.5, 0.6) is 0 Å². The Hall–Kier alpha value is -1.90. The first-order valence-electron chi connectivity index (χ1n) is 8.48. The maximum atomic E-state index is 12.5. The number of benzene rings is 1. The number of nitrogens with one attached hydrogen (secondary N) is 1. The highest BCUT2D eigenvalue weighted by Crippen LogP contribution is 2.26. The molecule has 0 aromatic heterocycles. The van der Waals surface area contributed by atoms with Gasteiger partial charge < -0.3 is 10.1 Å². The van der Waals surface area contributed by atoms with Crippen molar-refractivity contribution in [3.05, 3.63) is 35.9 Å². The van der Waals surface area contributed by atoms with Crippen molar-refractivity contribution in [1.29, 1.82) is 5.26 Å². The number of hydrogen-bond donors (Lipinski definition) is 1. The molecule has 3 atom stereocenters. The maximum Gasteiger partial charge on any atom is 0.235 e. The molecule has 0 radical (unpaired) electrons. The molecule has 1 fully saturated rings. The molecule has 5 nitrogen and oxygen atoms in total. The number of morpholine rings is 1. The molecule has 0 unspecified atom stereocenters. The summed E-state index contributed by atoms with van der Waals surface area (Å²) < 4.78 is 5.79. The molecular weight excluding hydrogens is 302 g/mol. The summed E-state index contributed by atoms with van der Waals surface area (Å²) in [5.41, 5.74) is 0.293. The molecule has 0 spiro atoms. The molecule has 1 aromatic carbocycles. The second kappa shape index (κ2) is 7.78. The van der Waals surface area contributed by atoms with Crippen LogP contribution in [-0.4, -0.2) is 42.1 Å². The van der Waals surface area contributed by atoms with Crippen molar-refractivity contribution in [2.45, 2.75) is 45.4 Å². The number of nitriles is 1. The van der Waals surface area contributed by atoms with Crippen LogP contribution >= 0.6 is 0 Å². The monoisotopic (exact) mass is 329 g/mol. The highest BCUT2D eigenvalue weighted by atomic mass is 16.5. The summed E-state index contributed by atoms with van der Waals surface area (Å²) in [6.45, 7) is 9.18. The molecule has 1 aliphatic heterocycles. The second-order valence-corrected chi connectivity index (χ2v) is 7.02. The number of rotatable bonds is 5. The summed E-state index contributed by atoms with van der Waals surface area (Å²) in [5.74, 6) is -0.0808. The van der Waals surface area contributed by atoms with Gasteiger partial charge in [0.1, 0.15) is 5.54 Å². The van der Waals surface area contributed by atoms with Crippen LogP contribution in [0.3, 0.4) is 0 Å². The molecular formula is C19H27N3O2. The summed E-state index contributed by atoms with van der Waals surface area (Å²) >= 11 is 0. The minimum atomic E-state index is -0.850. The van der Waals surface area contributed by atoms with Crippen molar-refractivity contribution in [2.24, 2.45) is 5.92 Å². The molecule has 0 aliphatic carbocycles. The van der Waals surface area contributed by atoms with E-state index in [0.717, 1.165) is 5.56 Å². The van der Waals surface area contributed by atoms with E-state index in [4.69, 9.17) is 4.74 Å². The molecule has 1 heterocycles. The molecule has 1 aliphatic rings. The largest absolute Gasteiger partial charge is 0.375 e. The van der Waals surface area contributed by atoms with Gasteiger partial charge in [-0.1, -0.05) is 44.2 Å². The summed E-state index contributed by atoms with van der Waals surface area (Å²) in [4.78, 5) is 14.7. The Bertz CT molecular complexity index is 596. The quantitative estimate of drug-likeness (QED) is 0.901. The van der Waals surface area contributed by atoms with E-state index >= 15 is 0 Å². The summed E-state index contributed by atoms with van der Waals surface area (Å²) in [7, 11) is 0. The molecule has 2 rings (SSSR count). The fourth-order valence-corrected chi connectivity index (χ4v) is 2.84. The highest BCUT2D eigenvalue weighted by molar-refractivity contribution is 5.79. The minimum Gasteiger partial charge on any atom is -0.375 e. The third kappa shape index (κ3) is 4.34. The van der Waals surface area contributed by atoms with Crippen molar-refractivity contribution >= 4 is 5.91 Å². The van der Waals surface area contributed by atoms with Crippen LogP contribution in [0.15, 0.2) is 30.3 Å². The Morgan fingerprint density at radius 2 is 2.12 bits per heavy atom. The average Bonchev–Trinajstić information content (AvgIpc) is 2.55. The van der Waals surface area contributed by atoms with Gasteiger partial charge in [-0.3, -0.25) is 9.69 Å². The van der Waals surface area contributed by atoms with Crippen LogP contribution in [0.25, 0.3) is 0 Å². The fourth-order valence-electron chi connectivity index (χ4n) is 2.84. The Labute approximate surface area is 144 Å². The van der Waals surface area contributed by atoms with Gasteiger partial charge in [-0.15, -0.1) is 0 Å². The molecule has 1 aromatic rings. The van der Waals surface area contributed by atoms with Gasteiger partial charge in [0.05, 0.1) is 31.4 Å². The zero-order valence-electron chi connectivity index (χ0n) is 15.0. The van der Waals surface area contributed by atoms with Gasteiger partial charge in [0.2, 0.25) is 5.91 Å². The van der Waals surface area contributed by atoms with Gasteiger partial charge in [0.15, 0.2) is 0 Å². The van der Waals surface area contributed by atoms with Crippen LogP contribution in [0.1, 0.15) is 39.3 Å². The van der Waals surface area contributed by atoms with E-state index in [9.17, 15) is 10.1 Å². The zero-order chi connectivity index (χ0) is 17.7. The third-order valence-corrected chi connectivity index (χ3v) is 4.79. The fraction of sp³-hybridized carbons (Fsp3) is 0.579. The summed E-state index contributed by atoms with van der Waals surface area (Å²) in [5, 5.41) is 12.3. The third-order valence-electron chi connectivity index (χ3n) is 4.79. The molecule has 24 heavy (non-hydrogen) atoms. The smallest absolute Gasteiger partial charge is 0.235 e. The van der Waals surface area contributed by atoms with E-state index in [1.54, 1.807) is 6.92 Å². The first kappa shape index (κ1) is 18.4. The predicted octanol–water partition coefficient (Wildman–Crippen LogP) is 2.50. The Morgan fingerprint density at radius 1 is 1.46 bits per heavy atom. The van der Waals surface area contributed by atoms with E-state index in [2.05, 4.69) is 28.4 Å². The number of amides is 1. The van der Waals surface area contributed by atoms with E-state index < -0.39 is 5.54 Å². The molecule has 1 amide bonds. The SMILES string of the molecule is CC(C)[C@@](C)(C#N)NC(=O)CN1C[C@@H](C)OC[C@@H]1c1ccccc1. The Kier molecular flexibility index (Phi) is 5.98. The van der Waals surface area contributed by atoms with Crippen LogP contribution in [-0.2, 0) is 9.53 Å². The first-order valence-corrected chi connectivity index (χ1v) is 8.48. The van der Waals surface area contributed by atoms with Gasteiger partial charge in [-0.2, -0.15) is 5.26 Å². The molecule has 0 saturated carbocycles. The van der Waals surface area contributed by atoms with Gasteiger partial charge in [0.25, 0.3) is 0 Å². The van der Waals surface area contributed by atoms with Crippen LogP contribution < -0.4 is 5.32 Å².